The molecule has 1 saturated carbocycles. The first kappa shape index (κ1) is 22.4. The highest BCUT2D eigenvalue weighted by Crippen LogP contribution is 2.22. The van der Waals surface area contributed by atoms with E-state index < -0.39 is 6.04 Å². The largest absolute Gasteiger partial charge is 0.352 e. The molecule has 2 aromatic rings. The van der Waals surface area contributed by atoms with E-state index in [1.54, 1.807) is 4.90 Å². The Hall–Kier alpha value is -2.33. The molecule has 4 nitrogen and oxygen atoms in total. The van der Waals surface area contributed by atoms with Gasteiger partial charge in [-0.05, 0) is 36.5 Å². The minimum absolute atomic E-state index is 0.0575. The quantitative estimate of drug-likeness (QED) is 0.635. The third-order valence-corrected chi connectivity index (χ3v) is 6.20. The summed E-state index contributed by atoms with van der Waals surface area (Å²) in [5, 5.41) is 3.81. The molecule has 1 N–H and O–H groups in total. The molecule has 0 bridgehead atoms. The van der Waals surface area contributed by atoms with Crippen LogP contribution in [-0.2, 0) is 22.6 Å². The van der Waals surface area contributed by atoms with Crippen LogP contribution in [0.25, 0.3) is 0 Å². The van der Waals surface area contributed by atoms with Gasteiger partial charge in [-0.3, -0.25) is 9.59 Å². The molecule has 30 heavy (non-hydrogen) atoms. The second-order valence-corrected chi connectivity index (χ2v) is 8.45. The number of nitrogens with zero attached hydrogens (tertiary/aromatic N) is 1. The fraction of sp³-hybridized carbons (Fsp3) is 0.440. The van der Waals surface area contributed by atoms with Crippen molar-refractivity contribution in [2.24, 2.45) is 0 Å². The van der Waals surface area contributed by atoms with Crippen LogP contribution in [0.15, 0.2) is 54.6 Å². The molecule has 1 unspecified atom stereocenters. The van der Waals surface area contributed by atoms with Gasteiger partial charge in [-0.2, -0.15) is 0 Å². The molecule has 0 radical (unpaired) electrons. The van der Waals surface area contributed by atoms with Crippen molar-refractivity contribution >= 4 is 23.4 Å². The normalized spacial score (nSPS) is 15.4. The molecule has 1 aliphatic carbocycles. The van der Waals surface area contributed by atoms with E-state index in [-0.39, 0.29) is 24.3 Å². The van der Waals surface area contributed by atoms with Crippen LogP contribution in [0, 0.1) is 0 Å². The van der Waals surface area contributed by atoms with Crippen LogP contribution in [0.4, 0.5) is 0 Å². The number of benzene rings is 2. The second kappa shape index (κ2) is 11.2. The maximum Gasteiger partial charge on any atom is 0.243 e. The van der Waals surface area contributed by atoms with Gasteiger partial charge >= 0.3 is 0 Å². The van der Waals surface area contributed by atoms with Crippen molar-refractivity contribution < 1.29 is 9.59 Å². The Morgan fingerprint density at radius 1 is 1.03 bits per heavy atom. The minimum Gasteiger partial charge on any atom is -0.352 e. The molecular weight excluding hydrogens is 396 g/mol. The molecule has 1 aliphatic rings. The average molecular weight is 427 g/mol. The molecule has 0 heterocycles. The van der Waals surface area contributed by atoms with Gasteiger partial charge in [0.25, 0.3) is 0 Å². The summed E-state index contributed by atoms with van der Waals surface area (Å²) in [6, 6.07) is 16.9. The summed E-state index contributed by atoms with van der Waals surface area (Å²) >= 11 is 6.38. The Kier molecular flexibility index (Phi) is 8.32. The highest BCUT2D eigenvalue weighted by atomic mass is 35.5. The predicted octanol–water partition coefficient (Wildman–Crippen LogP) is 5.14. The molecule has 0 saturated heterocycles. The fourth-order valence-corrected chi connectivity index (χ4v) is 4.34. The van der Waals surface area contributed by atoms with Crippen molar-refractivity contribution in [3.05, 3.63) is 70.7 Å². The van der Waals surface area contributed by atoms with E-state index in [1.165, 1.54) is 6.42 Å². The number of nitrogens with one attached hydrogen (secondary N) is 1. The molecule has 0 aliphatic heterocycles. The summed E-state index contributed by atoms with van der Waals surface area (Å²) in [6.07, 6.45) is 6.39. The molecule has 0 aromatic heterocycles. The first-order chi connectivity index (χ1) is 14.6. The Bertz CT molecular complexity index is 834. The zero-order valence-corrected chi connectivity index (χ0v) is 18.4. The zero-order chi connectivity index (χ0) is 21.3. The predicted molar refractivity (Wildman–Crippen MR) is 121 cm³/mol. The highest BCUT2D eigenvalue weighted by Gasteiger charge is 2.30. The van der Waals surface area contributed by atoms with Crippen LogP contribution in [0.3, 0.4) is 0 Å². The number of carbonyl (C=O) groups excluding carboxylic acids is 2. The first-order valence-electron chi connectivity index (χ1n) is 11.0. The van der Waals surface area contributed by atoms with Gasteiger partial charge in [0.05, 0.1) is 6.42 Å². The van der Waals surface area contributed by atoms with Gasteiger partial charge in [0, 0.05) is 17.6 Å². The van der Waals surface area contributed by atoms with Gasteiger partial charge in [0.2, 0.25) is 11.8 Å². The van der Waals surface area contributed by atoms with Crippen LogP contribution in [0.1, 0.15) is 56.6 Å². The minimum atomic E-state index is -0.514. The SMILES string of the molecule is CCC(C(=O)NC1CCCCC1)N(Cc1ccccc1Cl)C(=O)Cc1ccccc1. The smallest absolute Gasteiger partial charge is 0.243 e. The standard InChI is InChI=1S/C25H31ClN2O2/c1-2-23(25(30)27-21-14-7-4-8-15-21)28(18-20-13-9-10-16-22(20)26)24(29)17-19-11-5-3-6-12-19/h3,5-6,9-13,16,21,23H,2,4,7-8,14-15,17-18H2,1H3,(H,27,30). The Labute approximate surface area is 184 Å². The summed E-state index contributed by atoms with van der Waals surface area (Å²) in [5.74, 6) is -0.121. The zero-order valence-electron chi connectivity index (χ0n) is 17.6. The van der Waals surface area contributed by atoms with Crippen LogP contribution in [0.5, 0.6) is 0 Å². The van der Waals surface area contributed by atoms with E-state index in [0.29, 0.717) is 18.0 Å². The van der Waals surface area contributed by atoms with E-state index >= 15 is 0 Å². The molecule has 3 rings (SSSR count). The molecule has 1 fully saturated rings. The van der Waals surface area contributed by atoms with E-state index in [4.69, 9.17) is 11.6 Å². The number of halogens is 1. The lowest BCUT2D eigenvalue weighted by Crippen LogP contribution is -2.52. The van der Waals surface area contributed by atoms with Crippen LogP contribution < -0.4 is 5.32 Å². The van der Waals surface area contributed by atoms with Crippen molar-refractivity contribution in [2.45, 2.75) is 70.5 Å². The lowest BCUT2D eigenvalue weighted by Gasteiger charge is -2.33. The van der Waals surface area contributed by atoms with Crippen molar-refractivity contribution in [1.29, 1.82) is 0 Å². The summed E-state index contributed by atoms with van der Waals surface area (Å²) in [4.78, 5) is 28.2. The lowest BCUT2D eigenvalue weighted by atomic mass is 9.95. The Morgan fingerprint density at radius 2 is 1.70 bits per heavy atom. The van der Waals surface area contributed by atoms with Crippen molar-refractivity contribution in [2.75, 3.05) is 0 Å². The number of hydrogen-bond acceptors (Lipinski definition) is 2. The van der Waals surface area contributed by atoms with E-state index in [2.05, 4.69) is 5.32 Å². The van der Waals surface area contributed by atoms with Crippen LogP contribution in [-0.4, -0.2) is 28.8 Å². The van der Waals surface area contributed by atoms with Gasteiger partial charge in [0.1, 0.15) is 6.04 Å². The van der Waals surface area contributed by atoms with Crippen LogP contribution >= 0.6 is 11.6 Å². The highest BCUT2D eigenvalue weighted by molar-refractivity contribution is 6.31. The second-order valence-electron chi connectivity index (χ2n) is 8.04. The summed E-state index contributed by atoms with van der Waals surface area (Å²) in [6.45, 7) is 2.28. The average Bonchev–Trinajstić information content (AvgIpc) is 2.76. The van der Waals surface area contributed by atoms with Gasteiger partial charge in [-0.25, -0.2) is 0 Å². The van der Waals surface area contributed by atoms with E-state index in [1.807, 2.05) is 61.5 Å². The Morgan fingerprint density at radius 3 is 2.37 bits per heavy atom. The number of rotatable bonds is 8. The number of amides is 2. The van der Waals surface area contributed by atoms with Crippen molar-refractivity contribution in [3.63, 3.8) is 0 Å². The number of carbonyl (C=O) groups is 2. The van der Waals surface area contributed by atoms with Gasteiger partial charge in [-0.15, -0.1) is 0 Å². The summed E-state index contributed by atoms with van der Waals surface area (Å²) in [7, 11) is 0. The van der Waals surface area contributed by atoms with Gasteiger partial charge < -0.3 is 10.2 Å². The van der Waals surface area contributed by atoms with Crippen molar-refractivity contribution in [3.8, 4) is 0 Å². The molecule has 160 valence electrons. The molecule has 0 spiro atoms. The monoisotopic (exact) mass is 426 g/mol. The van der Waals surface area contributed by atoms with Crippen LogP contribution in [0.2, 0.25) is 5.02 Å². The van der Waals surface area contributed by atoms with Gasteiger partial charge in [0.15, 0.2) is 0 Å². The lowest BCUT2D eigenvalue weighted by molar-refractivity contribution is -0.141. The maximum atomic E-state index is 13.3. The third kappa shape index (κ3) is 6.09. The third-order valence-electron chi connectivity index (χ3n) is 5.83. The molecule has 2 aromatic carbocycles. The topological polar surface area (TPSA) is 49.4 Å². The van der Waals surface area contributed by atoms with E-state index in [9.17, 15) is 9.59 Å². The molecule has 5 heteroatoms. The molecular formula is C25H31ClN2O2. The molecule has 1 atom stereocenters. The maximum absolute atomic E-state index is 13.3. The number of hydrogen-bond donors (Lipinski definition) is 1. The Balaban J connectivity index is 1.80. The van der Waals surface area contributed by atoms with Crippen molar-refractivity contribution in [1.82, 2.24) is 10.2 Å². The summed E-state index contributed by atoms with van der Waals surface area (Å²) < 4.78 is 0. The van der Waals surface area contributed by atoms with E-state index in [0.717, 1.165) is 36.8 Å². The first-order valence-corrected chi connectivity index (χ1v) is 11.3. The summed E-state index contributed by atoms with van der Waals surface area (Å²) in [5.41, 5.74) is 1.79. The molecule has 2 amide bonds. The van der Waals surface area contributed by atoms with Gasteiger partial charge in [-0.1, -0.05) is 86.3 Å². The fourth-order valence-electron chi connectivity index (χ4n) is 4.15.